The van der Waals surface area contributed by atoms with Gasteiger partial charge in [0.15, 0.2) is 0 Å². The quantitative estimate of drug-likeness (QED) is 0.548. The van der Waals surface area contributed by atoms with Crippen molar-refractivity contribution in [2.24, 2.45) is 5.73 Å². The zero-order chi connectivity index (χ0) is 20.0. The number of carbonyl (C=O) groups excluding carboxylic acids is 1. The summed E-state index contributed by atoms with van der Waals surface area (Å²) in [7, 11) is 0. The molecule has 0 aliphatic carbocycles. The van der Waals surface area contributed by atoms with Crippen LogP contribution in [0.1, 0.15) is 27.9 Å². The Kier molecular flexibility index (Phi) is 6.92. The highest BCUT2D eigenvalue weighted by molar-refractivity contribution is 6.34. The van der Waals surface area contributed by atoms with Gasteiger partial charge in [0.05, 0.1) is 10.7 Å². The Morgan fingerprint density at radius 1 is 1.07 bits per heavy atom. The Labute approximate surface area is 160 Å². The number of halogens is 1. The van der Waals surface area contributed by atoms with Crippen LogP contribution in [0.5, 0.6) is 0 Å². The van der Waals surface area contributed by atoms with Crippen LogP contribution in [0.2, 0.25) is 5.02 Å². The number of carboxylic acids is 2. The number of hydrogen-bond donors (Lipinski definition) is 4. The van der Waals surface area contributed by atoms with Crippen LogP contribution in [-0.2, 0) is 22.4 Å². The normalized spacial score (nSPS) is 11.6. The fraction of sp³-hybridized carbons (Fsp3) is 0.211. The summed E-state index contributed by atoms with van der Waals surface area (Å²) in [5.74, 6) is -2.53. The van der Waals surface area contributed by atoms with Gasteiger partial charge < -0.3 is 21.3 Å². The average molecular weight is 391 g/mol. The number of carbonyl (C=O) groups is 3. The predicted molar refractivity (Wildman–Crippen MR) is 101 cm³/mol. The summed E-state index contributed by atoms with van der Waals surface area (Å²) in [4.78, 5) is 34.3. The summed E-state index contributed by atoms with van der Waals surface area (Å²) in [6.45, 7) is 0. The van der Waals surface area contributed by atoms with E-state index in [1.807, 2.05) is 0 Å². The number of hydrogen-bond acceptors (Lipinski definition) is 4. The highest BCUT2D eigenvalue weighted by atomic mass is 35.5. The lowest BCUT2D eigenvalue weighted by atomic mass is 9.96. The van der Waals surface area contributed by atoms with E-state index in [-0.39, 0.29) is 30.2 Å². The number of nitrogens with one attached hydrogen (secondary N) is 1. The fourth-order valence-electron chi connectivity index (χ4n) is 2.53. The maximum absolute atomic E-state index is 12.3. The van der Waals surface area contributed by atoms with Gasteiger partial charge in [-0.25, -0.2) is 0 Å². The minimum atomic E-state index is -1.17. The molecule has 0 bridgehead atoms. The zero-order valence-electron chi connectivity index (χ0n) is 14.3. The molecule has 0 unspecified atom stereocenters. The largest absolute Gasteiger partial charge is 0.481 e. The smallest absolute Gasteiger partial charge is 0.320 e. The predicted octanol–water partition coefficient (Wildman–Crippen LogP) is 2.56. The second-order valence-electron chi connectivity index (χ2n) is 5.96. The van der Waals surface area contributed by atoms with Crippen LogP contribution in [0.4, 0.5) is 5.69 Å². The van der Waals surface area contributed by atoms with Crippen LogP contribution in [0.15, 0.2) is 42.5 Å². The minimum absolute atomic E-state index is 0.00306. The molecule has 8 heteroatoms. The van der Waals surface area contributed by atoms with E-state index in [0.717, 1.165) is 0 Å². The number of nitrogens with two attached hydrogens (primary N) is 1. The van der Waals surface area contributed by atoms with Crippen molar-refractivity contribution in [3.05, 3.63) is 64.2 Å². The number of aliphatic carboxylic acids is 2. The molecule has 1 amide bonds. The van der Waals surface area contributed by atoms with Crippen molar-refractivity contribution in [3.63, 3.8) is 0 Å². The fourth-order valence-corrected chi connectivity index (χ4v) is 2.76. The minimum Gasteiger partial charge on any atom is -0.481 e. The Balaban J connectivity index is 2.32. The lowest BCUT2D eigenvalue weighted by Gasteiger charge is -2.16. The number of carboxylic acid groups (broad SMARTS) is 2. The number of aryl methyl sites for hydroxylation is 1. The van der Waals surface area contributed by atoms with Gasteiger partial charge in [0, 0.05) is 12.0 Å². The van der Waals surface area contributed by atoms with Crippen LogP contribution < -0.4 is 11.1 Å². The molecule has 0 aromatic heterocycles. The molecule has 0 radical (unpaired) electrons. The van der Waals surface area contributed by atoms with E-state index in [1.54, 1.807) is 36.4 Å². The first-order valence-electron chi connectivity index (χ1n) is 8.15. The van der Waals surface area contributed by atoms with Gasteiger partial charge >= 0.3 is 11.9 Å². The Hall–Kier alpha value is -2.90. The van der Waals surface area contributed by atoms with E-state index in [2.05, 4.69) is 5.32 Å². The van der Waals surface area contributed by atoms with E-state index < -0.39 is 18.0 Å². The van der Waals surface area contributed by atoms with Gasteiger partial charge in [-0.05, 0) is 48.2 Å². The molecule has 0 saturated carbocycles. The molecule has 5 N–H and O–H groups in total. The van der Waals surface area contributed by atoms with Gasteiger partial charge in [-0.1, -0.05) is 29.8 Å². The highest BCUT2D eigenvalue weighted by Gasteiger charge is 2.18. The van der Waals surface area contributed by atoms with E-state index in [4.69, 9.17) is 27.5 Å². The van der Waals surface area contributed by atoms with Crippen molar-refractivity contribution in [1.82, 2.24) is 0 Å². The maximum atomic E-state index is 12.3. The Bertz CT molecular complexity index is 855. The van der Waals surface area contributed by atoms with E-state index >= 15 is 0 Å². The van der Waals surface area contributed by atoms with Crippen molar-refractivity contribution in [3.8, 4) is 0 Å². The molecule has 0 heterocycles. The summed E-state index contributed by atoms with van der Waals surface area (Å²) in [6.07, 6.45) is 0.00229. The van der Waals surface area contributed by atoms with Crippen LogP contribution in [0.3, 0.4) is 0 Å². The molecule has 0 spiro atoms. The van der Waals surface area contributed by atoms with Gasteiger partial charge in [0.25, 0.3) is 5.91 Å². The van der Waals surface area contributed by atoms with E-state index in [9.17, 15) is 14.4 Å². The molecule has 142 valence electrons. The summed E-state index contributed by atoms with van der Waals surface area (Å²) in [5.41, 5.74) is 7.46. The van der Waals surface area contributed by atoms with Crippen molar-refractivity contribution >= 4 is 35.1 Å². The third kappa shape index (κ3) is 5.80. The van der Waals surface area contributed by atoms with Crippen LogP contribution in [0.25, 0.3) is 0 Å². The SMILES string of the molecule is N[C@@H](Cc1cc(Cl)c(NC(=O)c2ccccc2)cc1CCC(=O)O)C(=O)O. The Morgan fingerprint density at radius 3 is 2.33 bits per heavy atom. The molecule has 27 heavy (non-hydrogen) atoms. The molecule has 0 aliphatic rings. The lowest BCUT2D eigenvalue weighted by Crippen LogP contribution is -2.32. The van der Waals surface area contributed by atoms with Gasteiger partial charge in [-0.15, -0.1) is 0 Å². The molecule has 2 rings (SSSR count). The second kappa shape index (κ2) is 9.16. The maximum Gasteiger partial charge on any atom is 0.320 e. The van der Waals surface area contributed by atoms with Crippen molar-refractivity contribution < 1.29 is 24.6 Å². The van der Waals surface area contributed by atoms with Gasteiger partial charge in [0.1, 0.15) is 6.04 Å². The molecule has 2 aromatic rings. The average Bonchev–Trinajstić information content (AvgIpc) is 2.63. The van der Waals surface area contributed by atoms with Crippen LogP contribution in [-0.4, -0.2) is 34.1 Å². The topological polar surface area (TPSA) is 130 Å². The summed E-state index contributed by atoms with van der Waals surface area (Å²) >= 11 is 6.24. The molecule has 2 aromatic carbocycles. The van der Waals surface area contributed by atoms with Crippen molar-refractivity contribution in [2.75, 3.05) is 5.32 Å². The molecule has 0 aliphatic heterocycles. The summed E-state index contributed by atoms with van der Waals surface area (Å²) in [6, 6.07) is 10.5. The van der Waals surface area contributed by atoms with Crippen LogP contribution in [0, 0.1) is 0 Å². The first-order valence-corrected chi connectivity index (χ1v) is 8.53. The first-order chi connectivity index (χ1) is 12.8. The van der Waals surface area contributed by atoms with E-state index in [1.165, 1.54) is 6.07 Å². The number of anilines is 1. The molecule has 0 fully saturated rings. The second-order valence-corrected chi connectivity index (χ2v) is 6.37. The van der Waals surface area contributed by atoms with Crippen molar-refractivity contribution in [2.45, 2.75) is 25.3 Å². The number of benzene rings is 2. The third-order valence-corrected chi connectivity index (χ3v) is 4.25. The van der Waals surface area contributed by atoms with Gasteiger partial charge in [0.2, 0.25) is 0 Å². The Morgan fingerprint density at radius 2 is 1.74 bits per heavy atom. The monoisotopic (exact) mass is 390 g/mol. The van der Waals surface area contributed by atoms with Crippen LogP contribution >= 0.6 is 11.6 Å². The standard InChI is InChI=1S/C19H19ClN2O5/c20-14-8-13(9-15(21)19(26)27)12(6-7-17(23)24)10-16(14)22-18(25)11-4-2-1-3-5-11/h1-5,8,10,15H,6-7,9,21H2,(H,22,25)(H,23,24)(H,26,27)/t15-/m0/s1. The molecular formula is C19H19ClN2O5. The first kappa shape index (κ1) is 20.4. The van der Waals surface area contributed by atoms with E-state index in [0.29, 0.717) is 22.4 Å². The molecule has 0 saturated heterocycles. The summed E-state index contributed by atoms with van der Waals surface area (Å²) in [5, 5.41) is 20.9. The van der Waals surface area contributed by atoms with Crippen molar-refractivity contribution in [1.29, 1.82) is 0 Å². The number of amides is 1. The third-order valence-electron chi connectivity index (χ3n) is 3.94. The van der Waals surface area contributed by atoms with Gasteiger partial charge in [-0.2, -0.15) is 0 Å². The number of rotatable bonds is 8. The lowest BCUT2D eigenvalue weighted by molar-refractivity contribution is -0.139. The van der Waals surface area contributed by atoms with Gasteiger partial charge in [-0.3, -0.25) is 14.4 Å². The molecular weight excluding hydrogens is 372 g/mol. The highest BCUT2D eigenvalue weighted by Crippen LogP contribution is 2.28. The molecule has 1 atom stereocenters. The zero-order valence-corrected chi connectivity index (χ0v) is 15.1. The summed E-state index contributed by atoms with van der Waals surface area (Å²) < 4.78 is 0. The molecule has 7 nitrogen and oxygen atoms in total.